The number of hydrogen-bond acceptors (Lipinski definition) is 8. The van der Waals surface area contributed by atoms with Crippen LogP contribution in [0.3, 0.4) is 0 Å². The van der Waals surface area contributed by atoms with E-state index in [9.17, 15) is 14.3 Å². The molecule has 11 heteroatoms. The molecule has 4 heterocycles. The second kappa shape index (κ2) is 9.70. The van der Waals surface area contributed by atoms with Crippen LogP contribution in [0.25, 0.3) is 17.0 Å². The number of amides is 1. The lowest BCUT2D eigenvalue weighted by atomic mass is 10.0. The van der Waals surface area contributed by atoms with Gasteiger partial charge in [0.15, 0.2) is 5.65 Å². The van der Waals surface area contributed by atoms with Crippen LogP contribution in [0.2, 0.25) is 0 Å². The van der Waals surface area contributed by atoms with Gasteiger partial charge in [-0.15, -0.1) is 0 Å². The summed E-state index contributed by atoms with van der Waals surface area (Å²) < 4.78 is 21.2. The minimum Gasteiger partial charge on any atom is -0.387 e. The molecule has 1 fully saturated rings. The van der Waals surface area contributed by atoms with E-state index in [1.54, 1.807) is 22.8 Å². The first-order valence-electron chi connectivity index (χ1n) is 11.0. The number of nitriles is 1. The highest BCUT2D eigenvalue weighted by atomic mass is 19.1. The monoisotopic (exact) mass is 467 g/mol. The second-order valence-electron chi connectivity index (χ2n) is 8.75. The number of alkyl halides is 1. The lowest BCUT2D eigenvalue weighted by Gasteiger charge is -2.26. The van der Waals surface area contributed by atoms with Gasteiger partial charge in [0.1, 0.15) is 17.9 Å². The van der Waals surface area contributed by atoms with E-state index < -0.39 is 17.7 Å². The van der Waals surface area contributed by atoms with E-state index in [0.717, 1.165) is 12.8 Å². The molecule has 178 valence electrons. The third-order valence-corrected chi connectivity index (χ3v) is 5.69. The molecule has 1 aliphatic heterocycles. The van der Waals surface area contributed by atoms with Crippen molar-refractivity contribution in [2.75, 3.05) is 25.1 Å². The van der Waals surface area contributed by atoms with Crippen molar-refractivity contribution in [1.82, 2.24) is 24.9 Å². The van der Waals surface area contributed by atoms with Crippen LogP contribution in [-0.2, 0) is 4.74 Å². The molecule has 10 nitrogen and oxygen atoms in total. The smallest absolute Gasteiger partial charge is 0.255 e. The van der Waals surface area contributed by atoms with E-state index in [1.807, 2.05) is 6.07 Å². The number of pyridine rings is 1. The summed E-state index contributed by atoms with van der Waals surface area (Å²) in [6.45, 7) is 3.60. The van der Waals surface area contributed by atoms with Crippen LogP contribution in [0.15, 0.2) is 30.7 Å². The second-order valence-corrected chi connectivity index (χ2v) is 8.75. The maximum Gasteiger partial charge on any atom is 0.255 e. The number of imidazole rings is 1. The molecule has 1 unspecified atom stereocenters. The molecule has 34 heavy (non-hydrogen) atoms. The molecule has 0 aromatic carbocycles. The van der Waals surface area contributed by atoms with Gasteiger partial charge >= 0.3 is 0 Å². The summed E-state index contributed by atoms with van der Waals surface area (Å²) in [6.07, 6.45) is 4.39. The maximum atomic E-state index is 14.2. The molecular formula is C23H26FN7O3. The van der Waals surface area contributed by atoms with Gasteiger partial charge < -0.3 is 20.5 Å². The number of halogens is 1. The van der Waals surface area contributed by atoms with Gasteiger partial charge in [0.05, 0.1) is 47.0 Å². The van der Waals surface area contributed by atoms with Crippen LogP contribution in [0.1, 0.15) is 42.6 Å². The molecule has 1 amide bonds. The minimum atomic E-state index is -1.63. The lowest BCUT2D eigenvalue weighted by Crippen LogP contribution is -2.42. The number of anilines is 1. The number of nitrogens with zero attached hydrogens (tertiary/aromatic N) is 5. The fraction of sp³-hybridized carbons (Fsp3) is 0.435. The van der Waals surface area contributed by atoms with Gasteiger partial charge in [-0.25, -0.2) is 13.9 Å². The van der Waals surface area contributed by atoms with Gasteiger partial charge in [-0.1, -0.05) is 0 Å². The van der Waals surface area contributed by atoms with Crippen molar-refractivity contribution in [1.29, 1.82) is 5.26 Å². The van der Waals surface area contributed by atoms with Crippen LogP contribution in [-0.4, -0.2) is 68.2 Å². The average molecular weight is 468 g/mol. The molecule has 0 bridgehead atoms. The zero-order valence-electron chi connectivity index (χ0n) is 19.0. The Labute approximate surface area is 195 Å². The van der Waals surface area contributed by atoms with Gasteiger partial charge in [0.25, 0.3) is 5.91 Å². The maximum absolute atomic E-state index is 14.2. The Hall–Kier alpha value is -3.62. The molecule has 3 N–H and O–H groups in total. The summed E-state index contributed by atoms with van der Waals surface area (Å²) in [6, 6.07) is 5.48. The number of fused-ring (bicyclic) bond motifs is 1. The summed E-state index contributed by atoms with van der Waals surface area (Å²) >= 11 is 0. The molecule has 1 atom stereocenters. The zero-order chi connectivity index (χ0) is 24.3. The molecule has 0 spiro atoms. The van der Waals surface area contributed by atoms with E-state index in [2.05, 4.69) is 25.7 Å². The SMILES string of the molecule is CC(C)(O)C(F)CNC(=O)c1cnc(-c2cnc3cc(C#N)cnn23)cc1NC1CCOCC1. The number of nitrogens with one attached hydrogen (secondary N) is 2. The first-order valence-corrected chi connectivity index (χ1v) is 11.0. The van der Waals surface area contributed by atoms with Gasteiger partial charge in [-0.3, -0.25) is 9.78 Å². The summed E-state index contributed by atoms with van der Waals surface area (Å²) in [7, 11) is 0. The Kier molecular flexibility index (Phi) is 6.72. The van der Waals surface area contributed by atoms with Crippen LogP contribution < -0.4 is 10.6 Å². The number of aromatic nitrogens is 4. The van der Waals surface area contributed by atoms with Gasteiger partial charge in [0.2, 0.25) is 0 Å². The first kappa shape index (κ1) is 23.5. The van der Waals surface area contributed by atoms with E-state index in [4.69, 9.17) is 10.00 Å². The fourth-order valence-corrected chi connectivity index (χ4v) is 3.60. The van der Waals surface area contributed by atoms with Crippen molar-refractivity contribution in [2.24, 2.45) is 0 Å². The molecule has 3 aromatic rings. The minimum absolute atomic E-state index is 0.0966. The van der Waals surface area contributed by atoms with Crippen molar-refractivity contribution < 1.29 is 19.0 Å². The van der Waals surface area contributed by atoms with E-state index in [1.165, 1.54) is 26.2 Å². The Morgan fingerprint density at radius 3 is 2.79 bits per heavy atom. The normalized spacial score (nSPS) is 15.6. The topological polar surface area (TPSA) is 137 Å². The van der Waals surface area contributed by atoms with Crippen molar-refractivity contribution in [2.45, 2.75) is 44.5 Å². The van der Waals surface area contributed by atoms with Crippen LogP contribution in [0.4, 0.5) is 10.1 Å². The highest BCUT2D eigenvalue weighted by Crippen LogP contribution is 2.26. The van der Waals surface area contributed by atoms with E-state index in [-0.39, 0.29) is 18.2 Å². The number of rotatable bonds is 7. The van der Waals surface area contributed by atoms with Crippen LogP contribution in [0.5, 0.6) is 0 Å². The van der Waals surface area contributed by atoms with Crippen molar-refractivity contribution in [3.8, 4) is 17.5 Å². The van der Waals surface area contributed by atoms with E-state index >= 15 is 0 Å². The predicted molar refractivity (Wildman–Crippen MR) is 122 cm³/mol. The Morgan fingerprint density at radius 1 is 1.32 bits per heavy atom. The third kappa shape index (κ3) is 5.13. The van der Waals surface area contributed by atoms with Crippen molar-refractivity contribution in [3.05, 3.63) is 41.9 Å². The van der Waals surface area contributed by atoms with Gasteiger partial charge in [-0.2, -0.15) is 10.4 Å². The average Bonchev–Trinajstić information content (AvgIpc) is 3.25. The Balaban J connectivity index is 1.65. The van der Waals surface area contributed by atoms with Crippen LogP contribution in [0, 0.1) is 11.3 Å². The molecule has 3 aromatic heterocycles. The van der Waals surface area contributed by atoms with E-state index in [0.29, 0.717) is 41.5 Å². The summed E-state index contributed by atoms with van der Waals surface area (Å²) in [5, 5.41) is 29.1. The molecule has 0 aliphatic carbocycles. The largest absolute Gasteiger partial charge is 0.387 e. The Bertz CT molecular complexity index is 1230. The zero-order valence-corrected chi connectivity index (χ0v) is 19.0. The lowest BCUT2D eigenvalue weighted by molar-refractivity contribution is -0.00177. The molecule has 0 saturated carbocycles. The molecule has 4 rings (SSSR count). The molecule has 0 radical (unpaired) electrons. The van der Waals surface area contributed by atoms with Crippen molar-refractivity contribution >= 4 is 17.2 Å². The summed E-state index contributed by atoms with van der Waals surface area (Å²) in [5.41, 5.74) is 1.23. The number of aliphatic hydroxyl groups is 1. The van der Waals surface area contributed by atoms with Gasteiger partial charge in [-0.05, 0) is 32.8 Å². The summed E-state index contributed by atoms with van der Waals surface area (Å²) in [4.78, 5) is 21.6. The molecular weight excluding hydrogens is 441 g/mol. The molecule has 1 saturated heterocycles. The highest BCUT2D eigenvalue weighted by molar-refractivity contribution is 6.00. The standard InChI is InChI=1S/C23H26FN7O3/c1-23(2,33)20(24)13-28-22(32)16-11-26-18(8-17(16)30-15-3-5-34-6-4-15)19-12-27-21-7-14(9-25)10-29-31(19)21/h7-8,10-12,15,20,33H,3-6,13H2,1-2H3,(H,26,30)(H,28,32). The fourth-order valence-electron chi connectivity index (χ4n) is 3.60. The molecule has 1 aliphatic rings. The van der Waals surface area contributed by atoms with Gasteiger partial charge in [0, 0.05) is 31.5 Å². The van der Waals surface area contributed by atoms with Crippen molar-refractivity contribution in [3.63, 3.8) is 0 Å². The Morgan fingerprint density at radius 2 is 2.09 bits per heavy atom. The highest BCUT2D eigenvalue weighted by Gasteiger charge is 2.27. The van der Waals surface area contributed by atoms with Crippen LogP contribution >= 0.6 is 0 Å². The predicted octanol–water partition coefficient (Wildman–Crippen LogP) is 2.09. The quantitative estimate of drug-likeness (QED) is 0.480. The number of carbonyl (C=O) groups is 1. The third-order valence-electron chi connectivity index (χ3n) is 5.69. The summed E-state index contributed by atoms with van der Waals surface area (Å²) in [5.74, 6) is -0.504. The number of ether oxygens (including phenoxy) is 1. The number of hydrogen-bond donors (Lipinski definition) is 3. The number of carbonyl (C=O) groups excluding carboxylic acids is 1. The first-order chi connectivity index (χ1) is 16.3.